The molecule has 1 aromatic rings. The van der Waals surface area contributed by atoms with Crippen molar-refractivity contribution in [3.8, 4) is 0 Å². The van der Waals surface area contributed by atoms with Crippen molar-refractivity contribution in [1.29, 1.82) is 0 Å². The van der Waals surface area contributed by atoms with Gasteiger partial charge in [-0.05, 0) is 94.4 Å². The van der Waals surface area contributed by atoms with Gasteiger partial charge in [-0.2, -0.15) is 13.2 Å². The van der Waals surface area contributed by atoms with Crippen LogP contribution >= 0.6 is 0 Å². The zero-order valence-electron chi connectivity index (χ0n) is 22.4. The monoisotopic (exact) mass is 557 g/mol. The number of benzene rings is 1. The lowest BCUT2D eigenvalue weighted by Crippen LogP contribution is -2.51. The van der Waals surface area contributed by atoms with Crippen molar-refractivity contribution >= 4 is 29.9 Å². The zero-order valence-corrected chi connectivity index (χ0v) is 22.4. The fourth-order valence-corrected chi connectivity index (χ4v) is 4.75. The number of nitrogens with one attached hydrogen (secondary N) is 3. The van der Waals surface area contributed by atoms with Crippen molar-refractivity contribution in [3.63, 3.8) is 0 Å². The average molecular weight is 558 g/mol. The van der Waals surface area contributed by atoms with Gasteiger partial charge in [-0.3, -0.25) is 9.59 Å². The number of rotatable bonds is 11. The van der Waals surface area contributed by atoms with Crippen LogP contribution < -0.4 is 16.0 Å². The Hall–Kier alpha value is -3.18. The summed E-state index contributed by atoms with van der Waals surface area (Å²) >= 11 is 0. The molecule has 8 nitrogen and oxygen atoms in total. The maximum atomic E-state index is 15.2. The van der Waals surface area contributed by atoms with Gasteiger partial charge in [0, 0.05) is 6.42 Å². The van der Waals surface area contributed by atoms with Crippen LogP contribution in [0.15, 0.2) is 12.1 Å². The van der Waals surface area contributed by atoms with Crippen molar-refractivity contribution in [2.24, 2.45) is 17.8 Å². The van der Waals surface area contributed by atoms with E-state index in [2.05, 4.69) is 10.6 Å². The summed E-state index contributed by atoms with van der Waals surface area (Å²) in [6.07, 6.45) is -1.48. The van der Waals surface area contributed by atoms with Crippen LogP contribution in [0.25, 0.3) is 0 Å². The van der Waals surface area contributed by atoms with Crippen LogP contribution in [0, 0.1) is 23.6 Å². The van der Waals surface area contributed by atoms with E-state index >= 15 is 4.39 Å². The molecule has 3 amide bonds. The molecule has 0 radical (unpaired) electrons. The molecule has 0 aliphatic heterocycles. The molecule has 2 aliphatic carbocycles. The van der Waals surface area contributed by atoms with Crippen LogP contribution in [0.4, 0.5) is 28.0 Å². The first-order valence-electron chi connectivity index (χ1n) is 13.0. The number of alkyl halides is 3. The lowest BCUT2D eigenvalue weighted by atomic mass is 9.88. The van der Waals surface area contributed by atoms with Crippen LogP contribution in [0.2, 0.25) is 0 Å². The SMILES string of the molecule is CC(C(=O)NCC(F)(F)F)c1cc(F)c(NC(=O)[C@@H](NC(=O)OC(C)(C)C)C(C2CC2)C2CC2)cc1CC=O. The number of alkyl carbamates (subject to hydrolysis) is 1. The number of halogens is 4. The van der Waals surface area contributed by atoms with Gasteiger partial charge in [0.25, 0.3) is 0 Å². The third-order valence-corrected chi connectivity index (χ3v) is 6.79. The lowest BCUT2D eigenvalue weighted by molar-refractivity contribution is -0.139. The molecule has 1 aromatic carbocycles. The molecule has 1 unspecified atom stereocenters. The Morgan fingerprint density at radius 2 is 1.64 bits per heavy atom. The molecule has 0 bridgehead atoms. The zero-order chi connectivity index (χ0) is 29.1. The van der Waals surface area contributed by atoms with Crippen LogP contribution in [-0.2, 0) is 25.5 Å². The smallest absolute Gasteiger partial charge is 0.408 e. The third kappa shape index (κ3) is 8.93. The Labute approximate surface area is 224 Å². The fourth-order valence-electron chi connectivity index (χ4n) is 4.75. The number of carbonyl (C=O) groups is 4. The molecule has 12 heteroatoms. The Morgan fingerprint density at radius 1 is 1.05 bits per heavy atom. The highest BCUT2D eigenvalue weighted by Crippen LogP contribution is 2.51. The minimum atomic E-state index is -4.62. The molecular formula is C27H35F4N3O5. The van der Waals surface area contributed by atoms with Gasteiger partial charge in [-0.15, -0.1) is 0 Å². The minimum absolute atomic E-state index is 0.0227. The first-order valence-corrected chi connectivity index (χ1v) is 13.0. The normalized spacial score (nSPS) is 17.3. The number of ether oxygens (including phenoxy) is 1. The molecule has 2 fully saturated rings. The van der Waals surface area contributed by atoms with Gasteiger partial charge in [0.15, 0.2) is 0 Å². The summed E-state index contributed by atoms with van der Waals surface area (Å²) in [6, 6.07) is 1.14. The summed E-state index contributed by atoms with van der Waals surface area (Å²) in [5, 5.41) is 6.94. The molecule has 0 heterocycles. The van der Waals surface area contributed by atoms with E-state index in [0.717, 1.165) is 31.7 Å². The maximum absolute atomic E-state index is 15.2. The summed E-state index contributed by atoms with van der Waals surface area (Å²) in [5.74, 6) is -3.43. The summed E-state index contributed by atoms with van der Waals surface area (Å²) < 4.78 is 58.1. The first-order chi connectivity index (χ1) is 18.1. The van der Waals surface area contributed by atoms with Crippen molar-refractivity contribution in [2.45, 2.75) is 83.5 Å². The standard InChI is InChI=1S/C27H35F4N3O5/c1-14(23(36)32-13-27(29,30)31)18-12-19(28)20(11-17(18)9-10-35)33-24(37)22(34-25(38)39-26(2,3)4)21(15-5-6-15)16-7-8-16/h10-12,14-16,21-22H,5-9,13H2,1-4H3,(H,32,36)(H,33,37)(H,34,38)/t14?,22-/m0/s1. The van der Waals surface area contributed by atoms with Crippen molar-refractivity contribution in [3.05, 3.63) is 29.1 Å². The Balaban J connectivity index is 1.84. The topological polar surface area (TPSA) is 114 Å². The van der Waals surface area contributed by atoms with E-state index in [1.165, 1.54) is 13.0 Å². The number of anilines is 1. The summed E-state index contributed by atoms with van der Waals surface area (Å²) in [6.45, 7) is 4.82. The summed E-state index contributed by atoms with van der Waals surface area (Å²) in [5.41, 5.74) is -0.873. The fraction of sp³-hybridized carbons (Fsp3) is 0.630. The maximum Gasteiger partial charge on any atom is 0.408 e. The highest BCUT2D eigenvalue weighted by molar-refractivity contribution is 5.97. The second kappa shape index (κ2) is 11.9. The molecule has 0 spiro atoms. The van der Waals surface area contributed by atoms with E-state index in [4.69, 9.17) is 4.74 Å². The van der Waals surface area contributed by atoms with Crippen LogP contribution in [-0.4, -0.2) is 48.6 Å². The highest BCUT2D eigenvalue weighted by atomic mass is 19.4. The molecule has 2 aliphatic rings. The lowest BCUT2D eigenvalue weighted by Gasteiger charge is -2.29. The summed E-state index contributed by atoms with van der Waals surface area (Å²) in [4.78, 5) is 49.6. The largest absolute Gasteiger partial charge is 0.444 e. The van der Waals surface area contributed by atoms with Gasteiger partial charge < -0.3 is 25.5 Å². The minimum Gasteiger partial charge on any atom is -0.444 e. The molecule has 0 saturated heterocycles. The highest BCUT2D eigenvalue weighted by Gasteiger charge is 2.48. The number of hydrogen-bond acceptors (Lipinski definition) is 5. The molecule has 216 valence electrons. The van der Waals surface area contributed by atoms with Crippen molar-refractivity contribution < 1.29 is 41.5 Å². The average Bonchev–Trinajstić information content (AvgIpc) is 3.72. The second-order valence-corrected chi connectivity index (χ2v) is 11.3. The van der Waals surface area contributed by atoms with E-state index in [-0.39, 0.29) is 41.0 Å². The predicted octanol–water partition coefficient (Wildman–Crippen LogP) is 4.62. The second-order valence-electron chi connectivity index (χ2n) is 11.3. The quantitative estimate of drug-likeness (QED) is 0.272. The number of carbonyl (C=O) groups excluding carboxylic acids is 4. The first kappa shape index (κ1) is 30.4. The van der Waals surface area contributed by atoms with Gasteiger partial charge in [-0.1, -0.05) is 0 Å². The van der Waals surface area contributed by atoms with E-state index in [1.807, 2.05) is 0 Å². The van der Waals surface area contributed by atoms with Crippen LogP contribution in [0.1, 0.15) is 70.4 Å². The predicted molar refractivity (Wildman–Crippen MR) is 134 cm³/mol. The van der Waals surface area contributed by atoms with E-state index in [9.17, 15) is 32.3 Å². The molecule has 39 heavy (non-hydrogen) atoms. The van der Waals surface area contributed by atoms with E-state index in [0.29, 0.717) is 6.29 Å². The molecule has 3 N–H and O–H groups in total. The Bertz CT molecular complexity index is 1080. The molecular weight excluding hydrogens is 522 g/mol. The number of amides is 3. The molecule has 2 saturated carbocycles. The van der Waals surface area contributed by atoms with Gasteiger partial charge in [0.05, 0.1) is 11.6 Å². The number of hydrogen-bond donors (Lipinski definition) is 3. The molecule has 0 aromatic heterocycles. The van der Waals surface area contributed by atoms with E-state index < -0.39 is 54.0 Å². The Morgan fingerprint density at radius 3 is 2.13 bits per heavy atom. The van der Waals surface area contributed by atoms with E-state index in [1.54, 1.807) is 26.1 Å². The van der Waals surface area contributed by atoms with Gasteiger partial charge in [-0.25, -0.2) is 9.18 Å². The van der Waals surface area contributed by atoms with Gasteiger partial charge >= 0.3 is 12.3 Å². The van der Waals surface area contributed by atoms with Gasteiger partial charge in [0.2, 0.25) is 11.8 Å². The molecule has 2 atom stereocenters. The summed E-state index contributed by atoms with van der Waals surface area (Å²) in [7, 11) is 0. The molecule has 3 rings (SSSR count). The van der Waals surface area contributed by atoms with Crippen LogP contribution in [0.3, 0.4) is 0 Å². The van der Waals surface area contributed by atoms with Crippen molar-refractivity contribution in [1.82, 2.24) is 10.6 Å². The Kier molecular flexibility index (Phi) is 9.27. The third-order valence-electron chi connectivity index (χ3n) is 6.79. The van der Waals surface area contributed by atoms with Crippen molar-refractivity contribution in [2.75, 3.05) is 11.9 Å². The number of aldehydes is 1. The van der Waals surface area contributed by atoms with Gasteiger partial charge in [0.1, 0.15) is 30.3 Å². The van der Waals surface area contributed by atoms with Crippen LogP contribution in [0.5, 0.6) is 0 Å².